The molecule has 0 N–H and O–H groups in total. The van der Waals surface area contributed by atoms with Gasteiger partial charge < -0.3 is 4.90 Å². The molecule has 1 saturated heterocycles. The minimum Gasteiger partial charge on any atom is -0.300 e. The number of nitro groups is 1. The number of likely N-dealkylation sites (tertiary alicyclic amines) is 1. The highest BCUT2D eigenvalue weighted by Gasteiger charge is 2.27. The lowest BCUT2D eigenvalue weighted by molar-refractivity contribution is -0.384. The number of fused-ring (bicyclic) bond motifs is 1. The first kappa shape index (κ1) is 11.7. The third kappa shape index (κ3) is 2.12. The van der Waals surface area contributed by atoms with Crippen LogP contribution in [0.4, 0.5) is 5.69 Å². The van der Waals surface area contributed by atoms with Crippen molar-refractivity contribution in [2.24, 2.45) is 0 Å². The maximum atomic E-state index is 10.8. The molecule has 0 saturated carbocycles. The van der Waals surface area contributed by atoms with Gasteiger partial charge in [0.05, 0.1) is 4.92 Å². The van der Waals surface area contributed by atoms with E-state index in [1.165, 1.54) is 43.5 Å². The molecule has 0 aromatic heterocycles. The van der Waals surface area contributed by atoms with Gasteiger partial charge in [-0.2, -0.15) is 0 Å². The van der Waals surface area contributed by atoms with Crippen molar-refractivity contribution >= 4 is 5.69 Å². The molecule has 3 rings (SSSR count). The topological polar surface area (TPSA) is 46.4 Å². The van der Waals surface area contributed by atoms with Crippen LogP contribution in [-0.2, 0) is 12.8 Å². The van der Waals surface area contributed by atoms with E-state index in [4.69, 9.17) is 0 Å². The monoisotopic (exact) mass is 246 g/mol. The van der Waals surface area contributed by atoms with Crippen molar-refractivity contribution in [2.45, 2.75) is 38.1 Å². The number of nitrogens with zero attached hydrogens (tertiary/aromatic N) is 2. The van der Waals surface area contributed by atoms with Crippen LogP contribution in [0.1, 0.15) is 30.4 Å². The minimum atomic E-state index is -0.292. The molecule has 0 bridgehead atoms. The third-order valence-corrected chi connectivity index (χ3v) is 4.26. The van der Waals surface area contributed by atoms with Crippen molar-refractivity contribution in [3.05, 3.63) is 39.4 Å². The van der Waals surface area contributed by atoms with Crippen LogP contribution in [0.25, 0.3) is 0 Å². The number of non-ortho nitro benzene ring substituents is 1. The number of hydrogen-bond acceptors (Lipinski definition) is 3. The van der Waals surface area contributed by atoms with Gasteiger partial charge in [-0.25, -0.2) is 0 Å². The Bertz CT molecular complexity index is 467. The normalized spacial score (nSPS) is 23.9. The van der Waals surface area contributed by atoms with Gasteiger partial charge in [0.25, 0.3) is 5.69 Å². The Morgan fingerprint density at radius 3 is 2.72 bits per heavy atom. The summed E-state index contributed by atoms with van der Waals surface area (Å²) in [5.74, 6) is 0. The highest BCUT2D eigenvalue weighted by molar-refractivity contribution is 5.41. The summed E-state index contributed by atoms with van der Waals surface area (Å²) in [5.41, 5.74) is 2.72. The Kier molecular flexibility index (Phi) is 3.04. The van der Waals surface area contributed by atoms with Gasteiger partial charge in [-0.05, 0) is 56.3 Å². The zero-order valence-electron chi connectivity index (χ0n) is 10.5. The van der Waals surface area contributed by atoms with Gasteiger partial charge in [-0.15, -0.1) is 0 Å². The summed E-state index contributed by atoms with van der Waals surface area (Å²) in [5, 5.41) is 10.8. The zero-order chi connectivity index (χ0) is 12.5. The summed E-state index contributed by atoms with van der Waals surface area (Å²) < 4.78 is 0. The number of nitro benzene ring substituents is 1. The molecule has 18 heavy (non-hydrogen) atoms. The van der Waals surface area contributed by atoms with E-state index in [9.17, 15) is 10.1 Å². The average Bonchev–Trinajstić information content (AvgIpc) is 2.91. The molecule has 1 aliphatic heterocycles. The first-order valence-corrected chi connectivity index (χ1v) is 6.74. The molecule has 1 fully saturated rings. The predicted octanol–water partition coefficient (Wildman–Crippen LogP) is 2.55. The maximum Gasteiger partial charge on any atom is 0.269 e. The van der Waals surface area contributed by atoms with E-state index in [1.54, 1.807) is 12.1 Å². The Morgan fingerprint density at radius 2 is 2.00 bits per heavy atom. The van der Waals surface area contributed by atoms with Crippen LogP contribution in [0.2, 0.25) is 0 Å². The van der Waals surface area contributed by atoms with Crippen LogP contribution >= 0.6 is 0 Å². The lowest BCUT2D eigenvalue weighted by Gasteiger charge is -2.32. The number of aryl methyl sites for hydroxylation is 1. The predicted molar refractivity (Wildman–Crippen MR) is 69.7 cm³/mol. The lowest BCUT2D eigenvalue weighted by Crippen LogP contribution is -2.37. The van der Waals surface area contributed by atoms with Crippen LogP contribution in [0.3, 0.4) is 0 Å². The summed E-state index contributed by atoms with van der Waals surface area (Å²) in [7, 11) is 0. The molecule has 1 aromatic carbocycles. The largest absolute Gasteiger partial charge is 0.300 e. The molecule has 96 valence electrons. The summed E-state index contributed by atoms with van der Waals surface area (Å²) in [6.07, 6.45) is 5.85. The van der Waals surface area contributed by atoms with Crippen LogP contribution in [0, 0.1) is 10.1 Å². The second-order valence-corrected chi connectivity index (χ2v) is 5.35. The van der Waals surface area contributed by atoms with Crippen LogP contribution in [0.5, 0.6) is 0 Å². The summed E-state index contributed by atoms with van der Waals surface area (Å²) in [6, 6.07) is 5.95. The smallest absolute Gasteiger partial charge is 0.269 e. The van der Waals surface area contributed by atoms with Gasteiger partial charge in [0.15, 0.2) is 0 Å². The van der Waals surface area contributed by atoms with Crippen molar-refractivity contribution in [3.8, 4) is 0 Å². The quantitative estimate of drug-likeness (QED) is 0.595. The van der Waals surface area contributed by atoms with E-state index in [1.807, 2.05) is 6.07 Å². The fourth-order valence-corrected chi connectivity index (χ4v) is 3.26. The summed E-state index contributed by atoms with van der Waals surface area (Å²) in [4.78, 5) is 13.1. The van der Waals surface area contributed by atoms with Crippen LogP contribution < -0.4 is 0 Å². The molecule has 1 aliphatic carbocycles. The zero-order valence-corrected chi connectivity index (χ0v) is 10.5. The third-order valence-electron chi connectivity index (χ3n) is 4.26. The molecule has 4 heteroatoms. The molecule has 0 radical (unpaired) electrons. The molecule has 0 amide bonds. The molecule has 2 aliphatic rings. The van der Waals surface area contributed by atoms with E-state index in [-0.39, 0.29) is 10.6 Å². The van der Waals surface area contributed by atoms with E-state index in [2.05, 4.69) is 4.90 Å². The van der Waals surface area contributed by atoms with Crippen molar-refractivity contribution in [1.29, 1.82) is 0 Å². The Morgan fingerprint density at radius 1 is 1.22 bits per heavy atom. The standard InChI is InChI=1S/C14H18N2O2/c17-16(18)14-6-4-11-3-5-13(9-12(11)10-14)15-7-1-2-8-15/h4,6,10,13H,1-3,5,7-9H2. The van der Waals surface area contributed by atoms with Gasteiger partial charge in [-0.1, -0.05) is 6.07 Å². The van der Waals surface area contributed by atoms with Crippen molar-refractivity contribution in [2.75, 3.05) is 13.1 Å². The Labute approximate surface area is 107 Å². The second-order valence-electron chi connectivity index (χ2n) is 5.35. The molecule has 1 aromatic rings. The minimum absolute atomic E-state index is 0.232. The van der Waals surface area contributed by atoms with E-state index in [0.29, 0.717) is 6.04 Å². The molecule has 1 unspecified atom stereocenters. The number of hydrogen-bond donors (Lipinski definition) is 0. The summed E-state index contributed by atoms with van der Waals surface area (Å²) in [6.45, 7) is 2.41. The number of rotatable bonds is 2. The molecule has 4 nitrogen and oxygen atoms in total. The highest BCUT2D eigenvalue weighted by atomic mass is 16.6. The van der Waals surface area contributed by atoms with E-state index >= 15 is 0 Å². The first-order valence-electron chi connectivity index (χ1n) is 6.74. The summed E-state index contributed by atoms with van der Waals surface area (Å²) >= 11 is 0. The Balaban J connectivity index is 1.81. The fraction of sp³-hybridized carbons (Fsp3) is 0.571. The van der Waals surface area contributed by atoms with Gasteiger partial charge in [0.2, 0.25) is 0 Å². The SMILES string of the molecule is O=[N+]([O-])c1ccc2c(c1)CC(N1CCCC1)CC2. The number of benzene rings is 1. The first-order chi connectivity index (χ1) is 8.74. The lowest BCUT2D eigenvalue weighted by atomic mass is 9.87. The molecule has 0 spiro atoms. The van der Waals surface area contributed by atoms with Gasteiger partial charge in [-0.3, -0.25) is 10.1 Å². The van der Waals surface area contributed by atoms with Crippen molar-refractivity contribution in [3.63, 3.8) is 0 Å². The molecular weight excluding hydrogens is 228 g/mol. The van der Waals surface area contributed by atoms with Crippen molar-refractivity contribution < 1.29 is 4.92 Å². The highest BCUT2D eigenvalue weighted by Crippen LogP contribution is 2.29. The van der Waals surface area contributed by atoms with E-state index < -0.39 is 0 Å². The van der Waals surface area contributed by atoms with Crippen LogP contribution in [-0.4, -0.2) is 29.0 Å². The van der Waals surface area contributed by atoms with Gasteiger partial charge in [0.1, 0.15) is 0 Å². The van der Waals surface area contributed by atoms with Crippen LogP contribution in [0.15, 0.2) is 18.2 Å². The van der Waals surface area contributed by atoms with Gasteiger partial charge in [0, 0.05) is 18.2 Å². The molecular formula is C14H18N2O2. The average molecular weight is 246 g/mol. The maximum absolute atomic E-state index is 10.8. The second kappa shape index (κ2) is 4.69. The Hall–Kier alpha value is -1.42. The fourth-order valence-electron chi connectivity index (χ4n) is 3.26. The molecule has 1 atom stereocenters. The van der Waals surface area contributed by atoms with Gasteiger partial charge >= 0.3 is 0 Å². The molecule has 1 heterocycles. The van der Waals surface area contributed by atoms with Crippen molar-refractivity contribution in [1.82, 2.24) is 4.90 Å². The van der Waals surface area contributed by atoms with E-state index in [0.717, 1.165) is 12.8 Å².